The van der Waals surface area contributed by atoms with Crippen LogP contribution in [0, 0.1) is 5.92 Å². The van der Waals surface area contributed by atoms with Gasteiger partial charge in [-0.1, -0.05) is 19.1 Å². The summed E-state index contributed by atoms with van der Waals surface area (Å²) in [4.78, 5) is 12.2. The van der Waals surface area contributed by atoms with Crippen LogP contribution in [0.5, 0.6) is 0 Å². The molecule has 0 aliphatic heterocycles. The molecule has 1 fully saturated rings. The molecule has 1 aromatic rings. The molecule has 0 bridgehead atoms. The number of nitrogens with one attached hydrogen (secondary N) is 1. The molecule has 1 aliphatic rings. The number of carbonyl (C=O) groups is 1. The second kappa shape index (κ2) is 6.96. The van der Waals surface area contributed by atoms with Gasteiger partial charge in [-0.3, -0.25) is 4.79 Å². The van der Waals surface area contributed by atoms with E-state index < -0.39 is 5.97 Å². The van der Waals surface area contributed by atoms with Crippen molar-refractivity contribution in [3.63, 3.8) is 0 Å². The number of carboxylic acid groups (broad SMARTS) is 1. The van der Waals surface area contributed by atoms with Gasteiger partial charge in [-0.05, 0) is 42.7 Å². The summed E-state index contributed by atoms with van der Waals surface area (Å²) in [6.07, 6.45) is 2.54. The van der Waals surface area contributed by atoms with Crippen molar-refractivity contribution in [2.75, 3.05) is 5.75 Å². The normalized spacial score (nSPS) is 22.6. The van der Waals surface area contributed by atoms with Crippen molar-refractivity contribution in [3.05, 3.63) is 29.8 Å². The molecule has 104 valence electrons. The zero-order valence-electron chi connectivity index (χ0n) is 11.3. The number of hydrogen-bond acceptors (Lipinski definition) is 3. The van der Waals surface area contributed by atoms with E-state index in [1.165, 1.54) is 10.5 Å². The molecule has 0 saturated heterocycles. The lowest BCUT2D eigenvalue weighted by Gasteiger charge is -2.12. The van der Waals surface area contributed by atoms with Crippen LogP contribution in [0.3, 0.4) is 0 Å². The molecule has 2 rings (SSSR count). The first-order valence-electron chi connectivity index (χ1n) is 6.87. The predicted octanol–water partition coefficient (Wildman–Crippen LogP) is 3.14. The minimum absolute atomic E-state index is 0.153. The van der Waals surface area contributed by atoms with Gasteiger partial charge in [0.1, 0.15) is 0 Å². The van der Waals surface area contributed by atoms with Crippen molar-refractivity contribution < 1.29 is 9.90 Å². The Hall–Kier alpha value is -1.00. The first-order chi connectivity index (χ1) is 9.19. The number of carboxylic acids is 1. The Morgan fingerprint density at radius 2 is 2.32 bits per heavy atom. The van der Waals surface area contributed by atoms with Crippen LogP contribution in [0.4, 0.5) is 0 Å². The smallest absolute Gasteiger partial charge is 0.306 e. The molecule has 0 radical (unpaired) electrons. The lowest BCUT2D eigenvalue weighted by Crippen LogP contribution is -2.26. The summed E-state index contributed by atoms with van der Waals surface area (Å²) >= 11 is 1.85. The van der Waals surface area contributed by atoms with Crippen molar-refractivity contribution in [2.45, 2.75) is 43.7 Å². The average Bonchev–Trinajstić information content (AvgIpc) is 2.86. The Labute approximate surface area is 118 Å². The van der Waals surface area contributed by atoms with Gasteiger partial charge >= 0.3 is 5.97 Å². The van der Waals surface area contributed by atoms with Crippen LogP contribution in [0.2, 0.25) is 0 Å². The molecule has 4 heteroatoms. The van der Waals surface area contributed by atoms with Gasteiger partial charge in [0.05, 0.1) is 5.92 Å². The maximum Gasteiger partial charge on any atom is 0.306 e. The van der Waals surface area contributed by atoms with Gasteiger partial charge in [0.15, 0.2) is 0 Å². The minimum atomic E-state index is -0.648. The van der Waals surface area contributed by atoms with E-state index in [2.05, 4.69) is 36.5 Å². The Kier molecular flexibility index (Phi) is 5.28. The Morgan fingerprint density at radius 1 is 1.47 bits per heavy atom. The highest BCUT2D eigenvalue weighted by Crippen LogP contribution is 2.26. The molecule has 0 heterocycles. The second-order valence-electron chi connectivity index (χ2n) is 5.01. The molecule has 2 atom stereocenters. The van der Waals surface area contributed by atoms with E-state index in [0.29, 0.717) is 6.04 Å². The topological polar surface area (TPSA) is 49.3 Å². The lowest BCUT2D eigenvalue weighted by molar-refractivity contribution is -0.141. The lowest BCUT2D eigenvalue weighted by atomic mass is 10.1. The highest BCUT2D eigenvalue weighted by atomic mass is 32.2. The van der Waals surface area contributed by atoms with E-state index in [9.17, 15) is 4.79 Å². The maximum atomic E-state index is 10.9. The Morgan fingerprint density at radius 3 is 3.00 bits per heavy atom. The molecule has 0 spiro atoms. The van der Waals surface area contributed by atoms with Gasteiger partial charge < -0.3 is 10.4 Å². The first-order valence-corrected chi connectivity index (χ1v) is 7.85. The van der Waals surface area contributed by atoms with Crippen molar-refractivity contribution in [3.8, 4) is 0 Å². The number of rotatable bonds is 6. The van der Waals surface area contributed by atoms with Gasteiger partial charge in [0.25, 0.3) is 0 Å². The summed E-state index contributed by atoms with van der Waals surface area (Å²) in [5.41, 5.74) is 1.28. The molecule has 1 saturated carbocycles. The molecule has 3 nitrogen and oxygen atoms in total. The molecule has 0 amide bonds. The van der Waals surface area contributed by atoms with Crippen molar-refractivity contribution in [1.29, 1.82) is 0 Å². The molecule has 0 aromatic heterocycles. The Balaban J connectivity index is 1.82. The van der Waals surface area contributed by atoms with E-state index in [4.69, 9.17) is 5.11 Å². The monoisotopic (exact) mass is 279 g/mol. The highest BCUT2D eigenvalue weighted by molar-refractivity contribution is 7.99. The molecule has 19 heavy (non-hydrogen) atoms. The number of hydrogen-bond donors (Lipinski definition) is 2. The minimum Gasteiger partial charge on any atom is -0.481 e. The average molecular weight is 279 g/mol. The summed E-state index contributed by atoms with van der Waals surface area (Å²) in [6.45, 7) is 2.98. The largest absolute Gasteiger partial charge is 0.481 e. The first kappa shape index (κ1) is 14.4. The summed E-state index contributed by atoms with van der Waals surface area (Å²) in [6, 6.07) is 8.90. The quantitative estimate of drug-likeness (QED) is 0.785. The molecule has 1 aliphatic carbocycles. The standard InChI is InChI=1S/C15H21NO2S/c1-2-19-14-5-3-4-11(8-14)10-16-13-7-6-12(9-13)15(17)18/h3-5,8,12-13,16H,2,6-7,9-10H2,1H3,(H,17,18)/t12-,13+/m0/s1. The third kappa shape index (κ3) is 4.25. The number of benzene rings is 1. The van der Waals surface area contributed by atoms with Gasteiger partial charge in [-0.2, -0.15) is 0 Å². The van der Waals surface area contributed by atoms with E-state index in [-0.39, 0.29) is 5.92 Å². The van der Waals surface area contributed by atoms with Crippen LogP contribution in [0.25, 0.3) is 0 Å². The van der Waals surface area contributed by atoms with E-state index in [1.807, 2.05) is 11.8 Å². The van der Waals surface area contributed by atoms with E-state index in [0.717, 1.165) is 31.6 Å². The van der Waals surface area contributed by atoms with Crippen LogP contribution in [0.1, 0.15) is 31.7 Å². The third-order valence-corrected chi connectivity index (χ3v) is 4.46. The fourth-order valence-corrected chi connectivity index (χ4v) is 3.31. The molecular weight excluding hydrogens is 258 g/mol. The van der Waals surface area contributed by atoms with E-state index in [1.54, 1.807) is 0 Å². The fraction of sp³-hybridized carbons (Fsp3) is 0.533. The molecule has 2 N–H and O–H groups in total. The number of aliphatic carboxylic acids is 1. The van der Waals surface area contributed by atoms with Crippen LogP contribution in [0.15, 0.2) is 29.2 Å². The zero-order valence-corrected chi connectivity index (χ0v) is 12.1. The van der Waals surface area contributed by atoms with Crippen LogP contribution in [-0.2, 0) is 11.3 Å². The molecular formula is C15H21NO2S. The van der Waals surface area contributed by atoms with Gasteiger partial charge in [0, 0.05) is 17.5 Å². The SMILES string of the molecule is CCSc1cccc(CN[C@@H]2CC[C@H](C(=O)O)C2)c1. The second-order valence-corrected chi connectivity index (χ2v) is 6.34. The van der Waals surface area contributed by atoms with Crippen LogP contribution < -0.4 is 5.32 Å². The van der Waals surface area contributed by atoms with E-state index >= 15 is 0 Å². The van der Waals surface area contributed by atoms with Gasteiger partial charge in [0.2, 0.25) is 0 Å². The summed E-state index contributed by atoms with van der Waals surface area (Å²) in [5.74, 6) is 0.282. The highest BCUT2D eigenvalue weighted by Gasteiger charge is 2.29. The van der Waals surface area contributed by atoms with Gasteiger partial charge in [-0.15, -0.1) is 11.8 Å². The third-order valence-electron chi connectivity index (χ3n) is 3.59. The summed E-state index contributed by atoms with van der Waals surface area (Å²) < 4.78 is 0. The molecule has 1 aromatic carbocycles. The fourth-order valence-electron chi connectivity index (χ4n) is 2.57. The van der Waals surface area contributed by atoms with Crippen LogP contribution in [-0.4, -0.2) is 22.9 Å². The van der Waals surface area contributed by atoms with Crippen molar-refractivity contribution >= 4 is 17.7 Å². The van der Waals surface area contributed by atoms with Crippen LogP contribution >= 0.6 is 11.8 Å². The Bertz CT molecular complexity index is 436. The predicted molar refractivity (Wildman–Crippen MR) is 78.4 cm³/mol. The summed E-state index contributed by atoms with van der Waals surface area (Å²) in [7, 11) is 0. The maximum absolute atomic E-state index is 10.9. The zero-order chi connectivity index (χ0) is 13.7. The van der Waals surface area contributed by atoms with Gasteiger partial charge in [-0.25, -0.2) is 0 Å². The molecule has 0 unspecified atom stereocenters. The number of thioether (sulfide) groups is 1. The van der Waals surface area contributed by atoms with Crippen molar-refractivity contribution in [1.82, 2.24) is 5.32 Å². The van der Waals surface area contributed by atoms with Crippen molar-refractivity contribution in [2.24, 2.45) is 5.92 Å². The summed E-state index contributed by atoms with van der Waals surface area (Å²) in [5, 5.41) is 12.5.